The summed E-state index contributed by atoms with van der Waals surface area (Å²) in [6.07, 6.45) is 6.32. The standard InChI is InChI=1S/2C17H14ClFN6O3.C9H8N6O3.C8H7BrClF.C8H7Cl/c2*1-23-8-20-15-14(23)16(26)24(9-21-15)7-13-22-25(17(27)28-13)6-12(19)10-2-4-11(18)5-3-10;1-14-3-10-7-6(14)8(16)15(4-11-7)2-5-12-13-9(17)18-5;9-5-8(11)6-1-3-7(10)4-2-6;1-2-7-3-5-8(9)6-4-7/h2*2-5,8-9,12H,6-7H2,1H3;3-4H,2H2,1H3,(H,13,17);1-4,8H,5H2;2-6H,1H2/t2*12-;;;/m10.../s1. The number of imidazole rings is 3. The first kappa shape index (κ1) is 68.3. The van der Waals surface area contributed by atoms with Gasteiger partial charge in [0.15, 0.2) is 33.5 Å². The Labute approximate surface area is 554 Å². The van der Waals surface area contributed by atoms with Crippen LogP contribution in [0.25, 0.3) is 39.6 Å². The van der Waals surface area contributed by atoms with Crippen molar-refractivity contribution in [3.63, 3.8) is 0 Å². The van der Waals surface area contributed by atoms with Gasteiger partial charge >= 0.3 is 17.3 Å². The topological polar surface area (TPSA) is 313 Å². The summed E-state index contributed by atoms with van der Waals surface area (Å²) in [7, 11) is 5.06. The molecule has 0 aliphatic heterocycles. The van der Waals surface area contributed by atoms with E-state index in [9.17, 15) is 41.9 Å². The van der Waals surface area contributed by atoms with E-state index in [4.69, 9.17) is 59.7 Å². The van der Waals surface area contributed by atoms with Crippen LogP contribution in [-0.2, 0) is 53.9 Å². The molecule has 13 rings (SSSR count). The van der Waals surface area contributed by atoms with E-state index >= 15 is 0 Å². The van der Waals surface area contributed by atoms with E-state index in [0.29, 0.717) is 70.6 Å². The van der Waals surface area contributed by atoms with Gasteiger partial charge in [-0.1, -0.05) is 124 Å². The number of benzene rings is 4. The van der Waals surface area contributed by atoms with E-state index in [1.807, 2.05) is 24.3 Å². The molecule has 9 aromatic heterocycles. The maximum Gasteiger partial charge on any atom is 0.437 e. The van der Waals surface area contributed by atoms with Crippen LogP contribution >= 0.6 is 62.3 Å². The Morgan fingerprint density at radius 1 is 0.479 bits per heavy atom. The number of H-pyrrole nitrogens is 1. The first-order chi connectivity index (χ1) is 45.0. The summed E-state index contributed by atoms with van der Waals surface area (Å²) in [4.78, 5) is 96.2. The molecule has 9 heterocycles. The number of halogens is 8. The van der Waals surface area contributed by atoms with Crippen LogP contribution in [0.1, 0.15) is 58.4 Å². The maximum atomic E-state index is 14.5. The first-order valence-corrected chi connectivity index (χ1v) is 30.1. The predicted octanol–water partition coefficient (Wildman–Crippen LogP) is 8.97. The number of aryl methyl sites for hydroxylation is 3. The van der Waals surface area contributed by atoms with Gasteiger partial charge in [0.25, 0.3) is 16.7 Å². The average Bonchev–Trinajstić information content (AvgIpc) is 1.64. The van der Waals surface area contributed by atoms with E-state index < -0.39 is 35.8 Å². The minimum Gasteiger partial charge on any atom is -0.390 e. The lowest BCUT2D eigenvalue weighted by Crippen LogP contribution is -2.23. The quantitative estimate of drug-likeness (QED) is 0.0936. The van der Waals surface area contributed by atoms with Crippen LogP contribution in [0.15, 0.2) is 184 Å². The summed E-state index contributed by atoms with van der Waals surface area (Å²) in [6.45, 7) is 2.77. The lowest BCUT2D eigenvalue weighted by Gasteiger charge is -2.07. The van der Waals surface area contributed by atoms with Crippen LogP contribution < -0.4 is 33.9 Å². The highest BCUT2D eigenvalue weighted by molar-refractivity contribution is 9.09. The van der Waals surface area contributed by atoms with Crippen LogP contribution in [0.3, 0.4) is 0 Å². The highest BCUT2D eigenvalue weighted by atomic mass is 79.9. The van der Waals surface area contributed by atoms with E-state index in [1.54, 1.807) is 89.5 Å². The summed E-state index contributed by atoms with van der Waals surface area (Å²) in [6, 6.07) is 26.7. The molecule has 27 nitrogen and oxygen atoms in total. The fraction of sp³-hybridized carbons (Fsp3) is 0.203. The van der Waals surface area contributed by atoms with Gasteiger partial charge in [0.2, 0.25) is 17.7 Å². The number of rotatable bonds is 15. The number of aromatic nitrogens is 18. The Morgan fingerprint density at radius 3 is 1.12 bits per heavy atom. The van der Waals surface area contributed by atoms with E-state index in [-0.39, 0.29) is 67.1 Å². The Morgan fingerprint density at radius 2 is 0.798 bits per heavy atom. The van der Waals surface area contributed by atoms with Gasteiger partial charge in [-0.25, -0.2) is 62.6 Å². The van der Waals surface area contributed by atoms with Gasteiger partial charge in [-0.15, -0.1) is 15.3 Å². The molecule has 0 saturated heterocycles. The van der Waals surface area contributed by atoms with Gasteiger partial charge in [0.1, 0.15) is 57.1 Å². The monoisotopic (exact) mass is 1430 g/mol. The molecule has 35 heteroatoms. The molecule has 0 amide bonds. The molecule has 3 atom stereocenters. The van der Waals surface area contributed by atoms with Crippen LogP contribution in [0.5, 0.6) is 0 Å². The second-order valence-corrected chi connectivity index (χ2v) is 22.4. The smallest absolute Gasteiger partial charge is 0.390 e. The molecular weight excluding hydrogens is 1380 g/mol. The molecule has 0 saturated carbocycles. The van der Waals surface area contributed by atoms with Gasteiger partial charge in [-0.2, -0.15) is 9.36 Å². The predicted molar refractivity (Wildman–Crippen MR) is 346 cm³/mol. The van der Waals surface area contributed by atoms with Crippen molar-refractivity contribution < 1.29 is 26.4 Å². The Bertz CT molecular complexity index is 4920. The summed E-state index contributed by atoms with van der Waals surface area (Å²) >= 11 is 25.9. The third kappa shape index (κ3) is 17.1. The molecular formula is C59H50BrCl4F3N18O9. The van der Waals surface area contributed by atoms with Gasteiger partial charge in [-0.05, 0) is 70.8 Å². The number of alkyl halides is 4. The number of nitrogens with zero attached hydrogens (tertiary/aromatic N) is 17. The summed E-state index contributed by atoms with van der Waals surface area (Å²) in [5, 5.41) is 16.4. The van der Waals surface area contributed by atoms with Crippen molar-refractivity contribution >= 4 is 102 Å². The van der Waals surface area contributed by atoms with Gasteiger partial charge in [-0.3, -0.25) is 28.1 Å². The van der Waals surface area contributed by atoms with Gasteiger partial charge < -0.3 is 27.0 Å². The molecule has 4 aromatic carbocycles. The van der Waals surface area contributed by atoms with Crippen molar-refractivity contribution in [3.8, 4) is 0 Å². The molecule has 0 spiro atoms. The van der Waals surface area contributed by atoms with Crippen LogP contribution in [0.4, 0.5) is 13.2 Å². The number of aromatic amines is 1. The van der Waals surface area contributed by atoms with E-state index in [2.05, 4.69) is 72.8 Å². The molecule has 0 aliphatic rings. The largest absolute Gasteiger partial charge is 0.437 e. The molecule has 0 fully saturated rings. The third-order valence-electron chi connectivity index (χ3n) is 13.4. The zero-order valence-corrected chi connectivity index (χ0v) is 53.9. The molecule has 13 aromatic rings. The molecule has 486 valence electrons. The summed E-state index contributed by atoms with van der Waals surface area (Å²) in [5.74, 6) is -2.22. The first-order valence-electron chi connectivity index (χ1n) is 27.5. The van der Waals surface area contributed by atoms with Gasteiger partial charge in [0.05, 0.1) is 32.1 Å². The molecule has 94 heavy (non-hydrogen) atoms. The maximum absolute atomic E-state index is 14.5. The lowest BCUT2D eigenvalue weighted by molar-refractivity contribution is 0.283. The van der Waals surface area contributed by atoms with Gasteiger partial charge in [0, 0.05) is 46.6 Å². The number of fused-ring (bicyclic) bond motifs is 3. The molecule has 1 N–H and O–H groups in total. The van der Waals surface area contributed by atoms with Crippen LogP contribution in [0, 0.1) is 0 Å². The number of nitrogens with one attached hydrogen (secondary N) is 1. The normalized spacial score (nSPS) is 12.0. The van der Waals surface area contributed by atoms with E-state index in [0.717, 1.165) is 19.9 Å². The Balaban J connectivity index is 0.000000147. The second kappa shape index (κ2) is 31.0. The van der Waals surface area contributed by atoms with Crippen molar-refractivity contribution in [1.82, 2.24) is 87.1 Å². The minimum absolute atomic E-state index is 0.0290. The fourth-order valence-electron chi connectivity index (χ4n) is 8.59. The molecule has 1 unspecified atom stereocenters. The zero-order chi connectivity index (χ0) is 67.3. The number of hydrogen-bond donors (Lipinski definition) is 1. The van der Waals surface area contributed by atoms with Crippen molar-refractivity contribution in [2.24, 2.45) is 21.1 Å². The highest BCUT2D eigenvalue weighted by Crippen LogP contribution is 2.24. The second-order valence-electron chi connectivity index (χ2n) is 20.0. The van der Waals surface area contributed by atoms with E-state index in [1.165, 1.54) is 75.9 Å². The van der Waals surface area contributed by atoms with Crippen molar-refractivity contribution in [3.05, 3.63) is 264 Å². The SMILES string of the molecule is C=Cc1ccc(Cl)cc1.Cn1cnc2ncn(Cc3n[nH]c(=O)o3)c(=O)c21.Cn1cnc2ncn(Cc3nn(C[C@@H](F)c4ccc(Cl)cc4)c(=O)o3)c(=O)c21.Cn1cnc2ncn(Cc3nn(C[C@H](F)c4ccc(Cl)cc4)c(=O)o3)c(=O)c21.FC(CBr)c1ccc(Cl)cc1. The van der Waals surface area contributed by atoms with Crippen LogP contribution in [-0.4, -0.2) is 92.4 Å². The molecule has 0 aliphatic carbocycles. The third-order valence-corrected chi connectivity index (χ3v) is 15.0. The van der Waals surface area contributed by atoms with Crippen molar-refractivity contribution in [2.75, 3.05) is 5.33 Å². The Kier molecular flexibility index (Phi) is 22.5. The molecule has 0 bridgehead atoms. The highest BCUT2D eigenvalue weighted by Gasteiger charge is 2.20. The lowest BCUT2D eigenvalue weighted by atomic mass is 10.1. The number of hydrogen-bond acceptors (Lipinski definition) is 18. The summed E-state index contributed by atoms with van der Waals surface area (Å²) in [5.41, 5.74) is 3.53. The minimum atomic E-state index is -1.47. The van der Waals surface area contributed by atoms with Crippen molar-refractivity contribution in [2.45, 2.75) is 51.2 Å². The summed E-state index contributed by atoms with van der Waals surface area (Å²) < 4.78 is 66.9. The zero-order valence-electron chi connectivity index (χ0n) is 49.3. The fourth-order valence-corrected chi connectivity index (χ4v) is 9.47. The van der Waals surface area contributed by atoms with Crippen molar-refractivity contribution in [1.29, 1.82) is 0 Å². The molecule has 0 radical (unpaired) electrons. The average molecular weight is 1430 g/mol. The van der Waals surface area contributed by atoms with Crippen LogP contribution in [0.2, 0.25) is 20.1 Å². The Hall–Kier alpha value is -10.1.